The van der Waals surface area contributed by atoms with Gasteiger partial charge in [0.2, 0.25) is 10.0 Å². The maximum atomic E-state index is 13.7. The number of piperazine rings is 1. The number of hydrogen-bond acceptors (Lipinski definition) is 4. The highest BCUT2D eigenvalue weighted by atomic mass is 32.2. The van der Waals surface area contributed by atoms with Crippen LogP contribution in [0.4, 0.5) is 13.6 Å². The lowest BCUT2D eigenvalue weighted by Gasteiger charge is -2.33. The summed E-state index contributed by atoms with van der Waals surface area (Å²) in [6, 6.07) is 2.91. The van der Waals surface area contributed by atoms with Crippen LogP contribution in [0.1, 0.15) is 19.8 Å². The van der Waals surface area contributed by atoms with E-state index in [4.69, 9.17) is 4.74 Å². The Kier molecular flexibility index (Phi) is 6.11. The van der Waals surface area contributed by atoms with E-state index in [1.807, 2.05) is 6.92 Å². The molecule has 24 heavy (non-hydrogen) atoms. The van der Waals surface area contributed by atoms with Crippen molar-refractivity contribution in [2.45, 2.75) is 24.7 Å². The van der Waals surface area contributed by atoms with Crippen molar-refractivity contribution in [1.82, 2.24) is 9.21 Å². The molecule has 0 N–H and O–H groups in total. The zero-order valence-electron chi connectivity index (χ0n) is 13.4. The zero-order valence-corrected chi connectivity index (χ0v) is 14.2. The second-order valence-electron chi connectivity index (χ2n) is 5.41. The van der Waals surface area contributed by atoms with Gasteiger partial charge < -0.3 is 9.64 Å². The fourth-order valence-electron chi connectivity index (χ4n) is 2.36. The van der Waals surface area contributed by atoms with Gasteiger partial charge in [-0.25, -0.2) is 22.0 Å². The third-order valence-electron chi connectivity index (χ3n) is 3.74. The average molecular weight is 362 g/mol. The number of unbranched alkanes of at least 4 members (excludes halogenated alkanes) is 1. The van der Waals surface area contributed by atoms with Gasteiger partial charge in [-0.05, 0) is 18.6 Å². The summed E-state index contributed by atoms with van der Waals surface area (Å²) in [5.74, 6) is -2.26. The minimum absolute atomic E-state index is 0.0427. The van der Waals surface area contributed by atoms with Gasteiger partial charge in [0.05, 0.1) is 6.61 Å². The molecule has 1 amide bonds. The normalized spacial score (nSPS) is 16.2. The Bertz CT molecular complexity index is 668. The second kappa shape index (κ2) is 7.89. The Morgan fingerprint density at radius 3 is 2.29 bits per heavy atom. The first-order valence-electron chi connectivity index (χ1n) is 7.73. The molecule has 0 unspecified atom stereocenters. The number of carbonyl (C=O) groups is 1. The molecule has 1 heterocycles. The van der Waals surface area contributed by atoms with E-state index < -0.39 is 32.6 Å². The van der Waals surface area contributed by atoms with Crippen molar-refractivity contribution in [2.75, 3.05) is 32.8 Å². The molecule has 9 heteroatoms. The van der Waals surface area contributed by atoms with Crippen LogP contribution in [0.25, 0.3) is 0 Å². The molecule has 1 aliphatic rings. The first kappa shape index (κ1) is 18.6. The Labute approximate surface area is 140 Å². The van der Waals surface area contributed by atoms with Gasteiger partial charge in [0.25, 0.3) is 0 Å². The van der Waals surface area contributed by atoms with Gasteiger partial charge in [-0.15, -0.1) is 0 Å². The topological polar surface area (TPSA) is 66.9 Å². The highest BCUT2D eigenvalue weighted by Crippen LogP contribution is 2.23. The summed E-state index contributed by atoms with van der Waals surface area (Å²) in [4.78, 5) is 12.3. The van der Waals surface area contributed by atoms with Crippen molar-refractivity contribution >= 4 is 16.1 Å². The second-order valence-corrected chi connectivity index (χ2v) is 7.28. The Balaban J connectivity index is 2.02. The molecule has 1 saturated heterocycles. The van der Waals surface area contributed by atoms with E-state index in [9.17, 15) is 22.0 Å². The first-order chi connectivity index (χ1) is 11.4. The van der Waals surface area contributed by atoms with E-state index in [0.717, 1.165) is 35.3 Å². The number of halogens is 2. The van der Waals surface area contributed by atoms with Crippen LogP contribution in [0.2, 0.25) is 0 Å². The third-order valence-corrected chi connectivity index (χ3v) is 5.69. The average Bonchev–Trinajstić information content (AvgIpc) is 2.54. The fraction of sp³-hybridized carbons (Fsp3) is 0.533. The monoisotopic (exact) mass is 362 g/mol. The molecule has 1 aromatic rings. The third kappa shape index (κ3) is 4.02. The van der Waals surface area contributed by atoms with Crippen LogP contribution in [0.5, 0.6) is 0 Å². The number of amides is 1. The summed E-state index contributed by atoms with van der Waals surface area (Å²) in [7, 11) is -4.29. The lowest BCUT2D eigenvalue weighted by Crippen LogP contribution is -2.50. The van der Waals surface area contributed by atoms with E-state index in [0.29, 0.717) is 6.61 Å². The molecule has 1 aromatic carbocycles. The van der Waals surface area contributed by atoms with E-state index >= 15 is 0 Å². The molecule has 2 rings (SSSR count). The van der Waals surface area contributed by atoms with Gasteiger partial charge in [-0.2, -0.15) is 4.31 Å². The number of carbonyl (C=O) groups excluding carboxylic acids is 1. The molecule has 0 saturated carbocycles. The molecule has 1 aliphatic heterocycles. The maximum Gasteiger partial charge on any atom is 0.409 e. The van der Waals surface area contributed by atoms with E-state index in [2.05, 4.69) is 0 Å². The van der Waals surface area contributed by atoms with E-state index in [-0.39, 0.29) is 26.2 Å². The number of hydrogen-bond donors (Lipinski definition) is 0. The van der Waals surface area contributed by atoms with Crippen LogP contribution in [-0.4, -0.2) is 56.5 Å². The lowest BCUT2D eigenvalue weighted by molar-refractivity contribution is 0.0881. The minimum atomic E-state index is -4.29. The molecule has 0 aliphatic carbocycles. The highest BCUT2D eigenvalue weighted by Gasteiger charge is 2.34. The summed E-state index contributed by atoms with van der Waals surface area (Å²) >= 11 is 0. The summed E-state index contributed by atoms with van der Waals surface area (Å²) in [5.41, 5.74) is 0. The predicted molar refractivity (Wildman–Crippen MR) is 82.9 cm³/mol. The lowest BCUT2D eigenvalue weighted by atomic mass is 10.3. The predicted octanol–water partition coefficient (Wildman–Crippen LogP) is 2.21. The van der Waals surface area contributed by atoms with Crippen LogP contribution in [0.3, 0.4) is 0 Å². The van der Waals surface area contributed by atoms with Crippen molar-refractivity contribution in [3.8, 4) is 0 Å². The Hall–Kier alpha value is -1.74. The molecular formula is C15H20F2N2O4S. The summed E-state index contributed by atoms with van der Waals surface area (Å²) in [6.45, 7) is 2.42. The van der Waals surface area contributed by atoms with Gasteiger partial charge in [0.1, 0.15) is 11.6 Å². The van der Waals surface area contributed by atoms with Crippen molar-refractivity contribution in [3.63, 3.8) is 0 Å². The SMILES string of the molecule is CCCCOC(=O)N1CCN(S(=O)(=O)c2c(F)cccc2F)CC1. The largest absolute Gasteiger partial charge is 0.449 e. The van der Waals surface area contributed by atoms with Crippen LogP contribution < -0.4 is 0 Å². The van der Waals surface area contributed by atoms with Crippen LogP contribution in [0.15, 0.2) is 23.1 Å². The first-order valence-corrected chi connectivity index (χ1v) is 9.17. The van der Waals surface area contributed by atoms with E-state index in [1.165, 1.54) is 4.90 Å². The number of sulfonamides is 1. The van der Waals surface area contributed by atoms with Gasteiger partial charge in [-0.1, -0.05) is 19.4 Å². The molecule has 134 valence electrons. The Morgan fingerprint density at radius 1 is 1.17 bits per heavy atom. The molecule has 0 atom stereocenters. The van der Waals surface area contributed by atoms with Crippen LogP contribution >= 0.6 is 0 Å². The summed E-state index contributed by atoms with van der Waals surface area (Å²) < 4.78 is 58.4. The quantitative estimate of drug-likeness (QED) is 0.753. The zero-order chi connectivity index (χ0) is 17.7. The highest BCUT2D eigenvalue weighted by molar-refractivity contribution is 7.89. The van der Waals surface area contributed by atoms with Gasteiger partial charge in [-0.3, -0.25) is 0 Å². The van der Waals surface area contributed by atoms with Crippen molar-refractivity contribution in [1.29, 1.82) is 0 Å². The number of benzene rings is 1. The molecule has 0 bridgehead atoms. The fourth-order valence-corrected chi connectivity index (χ4v) is 3.90. The van der Waals surface area contributed by atoms with Crippen LogP contribution in [0, 0.1) is 11.6 Å². The van der Waals surface area contributed by atoms with E-state index in [1.54, 1.807) is 0 Å². The maximum absolute atomic E-state index is 13.7. The molecule has 6 nitrogen and oxygen atoms in total. The summed E-state index contributed by atoms with van der Waals surface area (Å²) in [6.07, 6.45) is 1.15. The number of nitrogens with zero attached hydrogens (tertiary/aromatic N) is 2. The smallest absolute Gasteiger partial charge is 0.409 e. The Morgan fingerprint density at radius 2 is 1.75 bits per heavy atom. The molecule has 0 aromatic heterocycles. The van der Waals surface area contributed by atoms with Crippen molar-refractivity contribution < 1.29 is 26.7 Å². The minimum Gasteiger partial charge on any atom is -0.449 e. The molecule has 0 spiro atoms. The van der Waals surface area contributed by atoms with Gasteiger partial charge in [0.15, 0.2) is 4.90 Å². The molecule has 1 fully saturated rings. The van der Waals surface area contributed by atoms with Gasteiger partial charge in [0, 0.05) is 26.2 Å². The number of rotatable bonds is 5. The molecular weight excluding hydrogens is 342 g/mol. The summed E-state index contributed by atoms with van der Waals surface area (Å²) in [5, 5.41) is 0. The van der Waals surface area contributed by atoms with Crippen LogP contribution in [-0.2, 0) is 14.8 Å². The van der Waals surface area contributed by atoms with Crippen molar-refractivity contribution in [3.05, 3.63) is 29.8 Å². The van der Waals surface area contributed by atoms with Gasteiger partial charge >= 0.3 is 6.09 Å². The standard InChI is InChI=1S/C15H20F2N2O4S/c1-2-3-11-23-15(20)18-7-9-19(10-8-18)24(21,22)14-12(16)5-4-6-13(14)17/h4-6H,2-3,7-11H2,1H3. The molecule has 0 radical (unpaired) electrons. The number of ether oxygens (including phenoxy) is 1. The van der Waals surface area contributed by atoms with Crippen molar-refractivity contribution in [2.24, 2.45) is 0 Å².